The molecule has 1 aromatic carbocycles. The van der Waals surface area contributed by atoms with Crippen LogP contribution in [0.5, 0.6) is 0 Å². The van der Waals surface area contributed by atoms with Crippen LogP contribution in [0.25, 0.3) is 16.6 Å². The average molecular weight is 212 g/mol. The minimum absolute atomic E-state index is 0.187. The van der Waals surface area contributed by atoms with Gasteiger partial charge in [-0.25, -0.2) is 9.78 Å². The molecule has 0 saturated carbocycles. The second-order valence-electron chi connectivity index (χ2n) is 3.53. The Labute approximate surface area is 90.8 Å². The standard InChI is InChI=1S/C12H8N2O2/c15-12(16)10-7-13-11-6-5-8-3-1-2-4-9(8)14(10)11/h1-7H,(H,15,16). The van der Waals surface area contributed by atoms with E-state index in [1.165, 1.54) is 6.20 Å². The highest BCUT2D eigenvalue weighted by molar-refractivity contribution is 5.91. The summed E-state index contributed by atoms with van der Waals surface area (Å²) in [4.78, 5) is 15.1. The molecule has 0 radical (unpaired) electrons. The van der Waals surface area contributed by atoms with Gasteiger partial charge in [-0.05, 0) is 23.6 Å². The molecule has 2 heterocycles. The van der Waals surface area contributed by atoms with E-state index < -0.39 is 5.97 Å². The first-order chi connectivity index (χ1) is 7.77. The minimum Gasteiger partial charge on any atom is -0.477 e. The fourth-order valence-electron chi connectivity index (χ4n) is 1.88. The zero-order chi connectivity index (χ0) is 11.1. The Morgan fingerprint density at radius 3 is 2.81 bits per heavy atom. The Bertz CT molecular complexity index is 700. The maximum atomic E-state index is 11.1. The molecule has 2 aromatic heterocycles. The largest absolute Gasteiger partial charge is 0.477 e. The van der Waals surface area contributed by atoms with E-state index in [9.17, 15) is 4.79 Å². The Morgan fingerprint density at radius 2 is 2.00 bits per heavy atom. The molecule has 3 rings (SSSR count). The fraction of sp³-hybridized carbons (Fsp3) is 0. The molecule has 78 valence electrons. The van der Waals surface area contributed by atoms with Gasteiger partial charge in [-0.1, -0.05) is 18.2 Å². The van der Waals surface area contributed by atoms with Crippen molar-refractivity contribution in [3.05, 3.63) is 48.3 Å². The number of nitrogens with zero attached hydrogens (tertiary/aromatic N) is 2. The molecular formula is C12H8N2O2. The van der Waals surface area contributed by atoms with Gasteiger partial charge in [0, 0.05) is 0 Å². The summed E-state index contributed by atoms with van der Waals surface area (Å²) in [6.45, 7) is 0. The summed E-state index contributed by atoms with van der Waals surface area (Å²) in [5, 5.41) is 10.1. The summed E-state index contributed by atoms with van der Waals surface area (Å²) >= 11 is 0. The summed E-state index contributed by atoms with van der Waals surface area (Å²) in [6, 6.07) is 11.4. The van der Waals surface area contributed by atoms with Crippen molar-refractivity contribution in [1.29, 1.82) is 0 Å². The molecule has 4 heteroatoms. The Kier molecular flexibility index (Phi) is 1.71. The SMILES string of the molecule is O=C(O)c1cnc2ccc3ccccc3n12. The molecule has 4 nitrogen and oxygen atoms in total. The van der Waals surface area contributed by atoms with Crippen molar-refractivity contribution in [3.8, 4) is 0 Å². The highest BCUT2D eigenvalue weighted by atomic mass is 16.4. The molecule has 0 aliphatic rings. The lowest BCUT2D eigenvalue weighted by atomic mass is 10.2. The van der Waals surface area contributed by atoms with Crippen LogP contribution in [0.15, 0.2) is 42.6 Å². The van der Waals surface area contributed by atoms with Crippen LogP contribution in [-0.2, 0) is 0 Å². The first kappa shape index (κ1) is 8.91. The van der Waals surface area contributed by atoms with Crippen molar-refractivity contribution in [2.45, 2.75) is 0 Å². The third kappa shape index (κ3) is 1.10. The van der Waals surface area contributed by atoms with Gasteiger partial charge in [0.05, 0.1) is 11.7 Å². The van der Waals surface area contributed by atoms with Gasteiger partial charge in [-0.15, -0.1) is 0 Å². The van der Waals surface area contributed by atoms with Crippen molar-refractivity contribution < 1.29 is 9.90 Å². The molecule has 0 bridgehead atoms. The van der Waals surface area contributed by atoms with Gasteiger partial charge >= 0.3 is 5.97 Å². The summed E-state index contributed by atoms with van der Waals surface area (Å²) < 4.78 is 1.65. The minimum atomic E-state index is -0.969. The molecule has 1 N–H and O–H groups in total. The quantitative estimate of drug-likeness (QED) is 0.672. The molecular weight excluding hydrogens is 204 g/mol. The van der Waals surface area contributed by atoms with E-state index in [-0.39, 0.29) is 5.69 Å². The zero-order valence-electron chi connectivity index (χ0n) is 8.29. The predicted molar refractivity (Wildman–Crippen MR) is 59.7 cm³/mol. The third-order valence-electron chi connectivity index (χ3n) is 2.60. The number of benzene rings is 1. The maximum absolute atomic E-state index is 11.1. The zero-order valence-corrected chi connectivity index (χ0v) is 8.29. The summed E-state index contributed by atoms with van der Waals surface area (Å²) in [5.41, 5.74) is 1.69. The van der Waals surface area contributed by atoms with E-state index in [1.807, 2.05) is 36.4 Å². The smallest absolute Gasteiger partial charge is 0.354 e. The van der Waals surface area contributed by atoms with E-state index in [0.717, 1.165) is 10.9 Å². The summed E-state index contributed by atoms with van der Waals surface area (Å²) in [6.07, 6.45) is 1.38. The number of aromatic carboxylic acids is 1. The van der Waals surface area contributed by atoms with Crippen molar-refractivity contribution in [2.24, 2.45) is 0 Å². The van der Waals surface area contributed by atoms with Crippen LogP contribution in [0, 0.1) is 0 Å². The monoisotopic (exact) mass is 212 g/mol. The molecule has 0 atom stereocenters. The number of rotatable bonds is 1. The van der Waals surface area contributed by atoms with Crippen LogP contribution in [0.2, 0.25) is 0 Å². The van der Waals surface area contributed by atoms with Gasteiger partial charge in [-0.3, -0.25) is 4.40 Å². The van der Waals surface area contributed by atoms with E-state index >= 15 is 0 Å². The number of hydrogen-bond donors (Lipinski definition) is 1. The highest BCUT2D eigenvalue weighted by Gasteiger charge is 2.11. The first-order valence-electron chi connectivity index (χ1n) is 4.86. The maximum Gasteiger partial charge on any atom is 0.354 e. The van der Waals surface area contributed by atoms with Crippen LogP contribution < -0.4 is 0 Å². The van der Waals surface area contributed by atoms with Crippen LogP contribution in [0.1, 0.15) is 10.5 Å². The van der Waals surface area contributed by atoms with Crippen molar-refractivity contribution in [2.75, 3.05) is 0 Å². The van der Waals surface area contributed by atoms with Crippen LogP contribution >= 0.6 is 0 Å². The Balaban J connectivity index is 2.56. The van der Waals surface area contributed by atoms with Gasteiger partial charge in [0.2, 0.25) is 0 Å². The molecule has 0 aliphatic carbocycles. The van der Waals surface area contributed by atoms with Crippen molar-refractivity contribution in [3.63, 3.8) is 0 Å². The van der Waals surface area contributed by atoms with E-state index in [1.54, 1.807) is 4.40 Å². The predicted octanol–water partition coefficient (Wildman–Crippen LogP) is 2.19. The van der Waals surface area contributed by atoms with Crippen molar-refractivity contribution in [1.82, 2.24) is 9.38 Å². The van der Waals surface area contributed by atoms with Gasteiger partial charge in [0.15, 0.2) is 5.69 Å². The average Bonchev–Trinajstić information content (AvgIpc) is 2.73. The molecule has 16 heavy (non-hydrogen) atoms. The van der Waals surface area contributed by atoms with Gasteiger partial charge < -0.3 is 5.11 Å². The normalized spacial score (nSPS) is 11.0. The second kappa shape index (κ2) is 3.06. The lowest BCUT2D eigenvalue weighted by Crippen LogP contribution is -2.02. The lowest BCUT2D eigenvalue weighted by molar-refractivity contribution is 0.0690. The molecule has 0 fully saturated rings. The van der Waals surface area contributed by atoms with E-state index in [4.69, 9.17) is 5.11 Å². The molecule has 0 spiro atoms. The molecule has 0 saturated heterocycles. The highest BCUT2D eigenvalue weighted by Crippen LogP contribution is 2.18. The molecule has 0 aliphatic heterocycles. The third-order valence-corrected chi connectivity index (χ3v) is 2.60. The lowest BCUT2D eigenvalue weighted by Gasteiger charge is -2.03. The summed E-state index contributed by atoms with van der Waals surface area (Å²) in [7, 11) is 0. The first-order valence-corrected chi connectivity index (χ1v) is 4.86. The number of carbonyl (C=O) groups is 1. The molecule has 0 unspecified atom stereocenters. The van der Waals surface area contributed by atoms with E-state index in [0.29, 0.717) is 5.65 Å². The van der Waals surface area contributed by atoms with Gasteiger partial charge in [0.25, 0.3) is 0 Å². The van der Waals surface area contributed by atoms with Crippen molar-refractivity contribution >= 4 is 22.5 Å². The Hall–Kier alpha value is -2.36. The van der Waals surface area contributed by atoms with Crippen LogP contribution in [0.3, 0.4) is 0 Å². The second-order valence-corrected chi connectivity index (χ2v) is 3.53. The van der Waals surface area contributed by atoms with Gasteiger partial charge in [-0.2, -0.15) is 0 Å². The molecule has 3 aromatic rings. The number of hydrogen-bond acceptors (Lipinski definition) is 2. The number of aromatic nitrogens is 2. The number of carboxylic acid groups (broad SMARTS) is 1. The number of carboxylic acids is 1. The topological polar surface area (TPSA) is 54.6 Å². The number of para-hydroxylation sites is 1. The van der Waals surface area contributed by atoms with E-state index in [2.05, 4.69) is 4.98 Å². The van der Waals surface area contributed by atoms with Crippen LogP contribution in [0.4, 0.5) is 0 Å². The number of imidazole rings is 1. The fourth-order valence-corrected chi connectivity index (χ4v) is 1.88. The number of fused-ring (bicyclic) bond motifs is 3. The molecule has 0 amide bonds. The Morgan fingerprint density at radius 1 is 1.19 bits per heavy atom. The van der Waals surface area contributed by atoms with Crippen LogP contribution in [-0.4, -0.2) is 20.5 Å². The van der Waals surface area contributed by atoms with Gasteiger partial charge in [0.1, 0.15) is 5.65 Å². The summed E-state index contributed by atoms with van der Waals surface area (Å²) in [5.74, 6) is -0.969. The number of pyridine rings is 1.